The SMILES string of the molecule is CCOc1cccc([N+](=O)[O-])c1C(=O)NC[C@@](C)(O)c1ccco1. The van der Waals surface area contributed by atoms with Gasteiger partial charge in [0.15, 0.2) is 5.56 Å². The summed E-state index contributed by atoms with van der Waals surface area (Å²) in [7, 11) is 0. The van der Waals surface area contributed by atoms with Crippen LogP contribution < -0.4 is 10.1 Å². The molecule has 0 unspecified atom stereocenters. The molecule has 0 bridgehead atoms. The lowest BCUT2D eigenvalue weighted by molar-refractivity contribution is -0.385. The molecule has 0 saturated heterocycles. The molecule has 0 radical (unpaired) electrons. The first-order valence-electron chi connectivity index (χ1n) is 7.31. The summed E-state index contributed by atoms with van der Waals surface area (Å²) in [5.41, 5.74) is -2.00. The molecule has 8 heteroatoms. The van der Waals surface area contributed by atoms with Crippen LogP contribution in [0.4, 0.5) is 5.69 Å². The monoisotopic (exact) mass is 334 g/mol. The summed E-state index contributed by atoms with van der Waals surface area (Å²) in [5.74, 6) is -0.324. The van der Waals surface area contributed by atoms with E-state index in [1.165, 1.54) is 31.4 Å². The Bertz CT molecular complexity index is 724. The van der Waals surface area contributed by atoms with Gasteiger partial charge in [-0.3, -0.25) is 14.9 Å². The average Bonchev–Trinajstić information content (AvgIpc) is 3.08. The highest BCUT2D eigenvalue weighted by molar-refractivity contribution is 6.00. The van der Waals surface area contributed by atoms with Gasteiger partial charge in [0.05, 0.1) is 24.3 Å². The zero-order valence-electron chi connectivity index (χ0n) is 13.3. The maximum absolute atomic E-state index is 12.4. The first-order chi connectivity index (χ1) is 11.4. The summed E-state index contributed by atoms with van der Waals surface area (Å²) in [6.45, 7) is 3.25. The van der Waals surface area contributed by atoms with Gasteiger partial charge in [-0.15, -0.1) is 0 Å². The number of amides is 1. The lowest BCUT2D eigenvalue weighted by Crippen LogP contribution is -2.38. The Morgan fingerprint density at radius 1 is 1.42 bits per heavy atom. The Morgan fingerprint density at radius 2 is 2.17 bits per heavy atom. The number of carbonyl (C=O) groups is 1. The number of ether oxygens (including phenoxy) is 1. The second-order valence-corrected chi connectivity index (χ2v) is 5.27. The van der Waals surface area contributed by atoms with E-state index in [2.05, 4.69) is 5.32 Å². The first-order valence-corrected chi connectivity index (χ1v) is 7.31. The molecule has 0 saturated carbocycles. The predicted octanol–water partition coefficient (Wildman–Crippen LogP) is 2.22. The van der Waals surface area contributed by atoms with Crippen molar-refractivity contribution in [3.05, 3.63) is 58.0 Å². The third kappa shape index (κ3) is 3.72. The van der Waals surface area contributed by atoms with Crippen molar-refractivity contribution in [3.8, 4) is 5.75 Å². The van der Waals surface area contributed by atoms with Gasteiger partial charge in [0.25, 0.3) is 11.6 Å². The first kappa shape index (κ1) is 17.5. The van der Waals surface area contributed by atoms with Crippen LogP contribution in [0.1, 0.15) is 30.0 Å². The number of benzene rings is 1. The molecular formula is C16H18N2O6. The number of nitrogens with zero attached hydrogens (tertiary/aromatic N) is 1. The summed E-state index contributed by atoms with van der Waals surface area (Å²) < 4.78 is 10.4. The van der Waals surface area contributed by atoms with Crippen molar-refractivity contribution in [3.63, 3.8) is 0 Å². The van der Waals surface area contributed by atoms with Crippen molar-refractivity contribution < 1.29 is 24.0 Å². The summed E-state index contributed by atoms with van der Waals surface area (Å²) in [6.07, 6.45) is 1.40. The molecule has 1 heterocycles. The average molecular weight is 334 g/mol. The minimum absolute atomic E-state index is 0.113. The van der Waals surface area contributed by atoms with E-state index < -0.39 is 16.4 Å². The number of nitro groups is 1. The minimum Gasteiger partial charge on any atom is -0.493 e. The lowest BCUT2D eigenvalue weighted by atomic mass is 10.0. The standard InChI is InChI=1S/C16H18N2O6/c1-3-23-12-7-4-6-11(18(21)22)14(12)15(19)17-10-16(2,20)13-8-5-9-24-13/h4-9,20H,3,10H2,1-2H3,(H,17,19)/t16-/m1/s1. The number of hydrogen-bond acceptors (Lipinski definition) is 6. The number of aliphatic hydroxyl groups is 1. The number of hydrogen-bond donors (Lipinski definition) is 2. The maximum Gasteiger partial charge on any atom is 0.285 e. The van der Waals surface area contributed by atoms with E-state index in [0.29, 0.717) is 0 Å². The van der Waals surface area contributed by atoms with Gasteiger partial charge in [-0.1, -0.05) is 6.07 Å². The van der Waals surface area contributed by atoms with Gasteiger partial charge in [-0.05, 0) is 32.0 Å². The third-order valence-corrected chi connectivity index (χ3v) is 3.37. The molecule has 0 spiro atoms. The van der Waals surface area contributed by atoms with Crippen LogP contribution in [-0.2, 0) is 5.60 Å². The zero-order chi connectivity index (χ0) is 17.7. The van der Waals surface area contributed by atoms with E-state index in [0.717, 1.165) is 0 Å². The van der Waals surface area contributed by atoms with Gasteiger partial charge in [-0.25, -0.2) is 0 Å². The van der Waals surface area contributed by atoms with E-state index in [-0.39, 0.29) is 35.9 Å². The van der Waals surface area contributed by atoms with E-state index in [1.807, 2.05) is 0 Å². The minimum atomic E-state index is -1.45. The van der Waals surface area contributed by atoms with Crippen molar-refractivity contribution in [2.75, 3.05) is 13.2 Å². The maximum atomic E-state index is 12.4. The Hall–Kier alpha value is -2.87. The van der Waals surface area contributed by atoms with Crippen LogP contribution >= 0.6 is 0 Å². The highest BCUT2D eigenvalue weighted by Crippen LogP contribution is 2.29. The summed E-state index contributed by atoms with van der Waals surface area (Å²) >= 11 is 0. The van der Waals surface area contributed by atoms with Gasteiger partial charge < -0.3 is 19.6 Å². The largest absolute Gasteiger partial charge is 0.493 e. The van der Waals surface area contributed by atoms with Crippen LogP contribution in [0.15, 0.2) is 41.0 Å². The molecule has 24 heavy (non-hydrogen) atoms. The van der Waals surface area contributed by atoms with E-state index in [9.17, 15) is 20.0 Å². The van der Waals surface area contributed by atoms with Gasteiger partial charge in [0, 0.05) is 6.07 Å². The Morgan fingerprint density at radius 3 is 2.75 bits per heavy atom. The smallest absolute Gasteiger partial charge is 0.285 e. The van der Waals surface area contributed by atoms with Crippen molar-refractivity contribution in [2.24, 2.45) is 0 Å². The summed E-state index contributed by atoms with van der Waals surface area (Å²) in [5, 5.41) is 24.0. The van der Waals surface area contributed by atoms with E-state index in [4.69, 9.17) is 9.15 Å². The molecule has 1 atom stereocenters. The van der Waals surface area contributed by atoms with Crippen molar-refractivity contribution in [2.45, 2.75) is 19.4 Å². The molecule has 2 rings (SSSR count). The molecule has 0 aliphatic rings. The second-order valence-electron chi connectivity index (χ2n) is 5.27. The Labute approximate surface area is 138 Å². The Balaban J connectivity index is 2.24. The number of carbonyl (C=O) groups excluding carboxylic acids is 1. The quantitative estimate of drug-likeness (QED) is 0.592. The fourth-order valence-electron chi connectivity index (χ4n) is 2.19. The topological polar surface area (TPSA) is 115 Å². The number of rotatable bonds is 7. The van der Waals surface area contributed by atoms with Crippen molar-refractivity contribution >= 4 is 11.6 Å². The van der Waals surface area contributed by atoms with Gasteiger partial charge in [-0.2, -0.15) is 0 Å². The third-order valence-electron chi connectivity index (χ3n) is 3.37. The fourth-order valence-corrected chi connectivity index (χ4v) is 2.19. The Kier molecular flexibility index (Phi) is 5.20. The lowest BCUT2D eigenvalue weighted by Gasteiger charge is -2.21. The molecule has 2 aromatic rings. The molecule has 0 aliphatic heterocycles. The molecule has 8 nitrogen and oxygen atoms in total. The van der Waals surface area contributed by atoms with Crippen LogP contribution in [0.2, 0.25) is 0 Å². The van der Waals surface area contributed by atoms with Crippen LogP contribution in [0.3, 0.4) is 0 Å². The molecule has 1 amide bonds. The van der Waals surface area contributed by atoms with Crippen LogP contribution in [-0.4, -0.2) is 29.1 Å². The van der Waals surface area contributed by atoms with Gasteiger partial charge >= 0.3 is 0 Å². The number of nitro benzene ring substituents is 1. The highest BCUT2D eigenvalue weighted by atomic mass is 16.6. The van der Waals surface area contributed by atoms with Crippen LogP contribution in [0.25, 0.3) is 0 Å². The van der Waals surface area contributed by atoms with E-state index >= 15 is 0 Å². The number of furan rings is 1. The molecule has 0 fully saturated rings. The van der Waals surface area contributed by atoms with Crippen molar-refractivity contribution in [1.82, 2.24) is 5.32 Å². The van der Waals surface area contributed by atoms with Gasteiger partial charge in [0.2, 0.25) is 0 Å². The normalized spacial score (nSPS) is 13.1. The molecular weight excluding hydrogens is 316 g/mol. The molecule has 1 aromatic heterocycles. The molecule has 128 valence electrons. The highest BCUT2D eigenvalue weighted by Gasteiger charge is 2.30. The van der Waals surface area contributed by atoms with E-state index in [1.54, 1.807) is 19.1 Å². The second kappa shape index (κ2) is 7.14. The van der Waals surface area contributed by atoms with Crippen LogP contribution in [0, 0.1) is 10.1 Å². The zero-order valence-corrected chi connectivity index (χ0v) is 13.3. The number of nitrogens with one attached hydrogen (secondary N) is 1. The van der Waals surface area contributed by atoms with Crippen molar-refractivity contribution in [1.29, 1.82) is 0 Å². The summed E-state index contributed by atoms with van der Waals surface area (Å²) in [4.78, 5) is 23.0. The molecule has 2 N–H and O–H groups in total. The molecule has 0 aliphatic carbocycles. The van der Waals surface area contributed by atoms with Crippen LogP contribution in [0.5, 0.6) is 5.75 Å². The van der Waals surface area contributed by atoms with Gasteiger partial charge in [0.1, 0.15) is 17.1 Å². The molecule has 1 aromatic carbocycles. The predicted molar refractivity (Wildman–Crippen MR) is 84.9 cm³/mol. The fraction of sp³-hybridized carbons (Fsp3) is 0.312. The summed E-state index contributed by atoms with van der Waals surface area (Å²) in [6, 6.07) is 7.33.